The predicted octanol–water partition coefficient (Wildman–Crippen LogP) is 2.23. The number of benzene rings is 1. The van der Waals surface area contributed by atoms with E-state index in [4.69, 9.17) is 5.26 Å². The van der Waals surface area contributed by atoms with Crippen LogP contribution in [0.25, 0.3) is 10.9 Å². The molecule has 4 heteroatoms. The van der Waals surface area contributed by atoms with Crippen molar-refractivity contribution >= 4 is 33.5 Å². The molecule has 0 radical (unpaired) electrons. The highest BCUT2D eigenvalue weighted by molar-refractivity contribution is 14.1. The average Bonchev–Trinajstić information content (AvgIpc) is 2.49. The molecule has 13 heavy (non-hydrogen) atoms. The standard InChI is InChI=1S/C9H6IN3/c10-6-1-2-7-8(3-4-11)12-13-9(7)5-6/h1-2,5H,3H2,(H,12,13). The zero-order chi connectivity index (χ0) is 9.26. The van der Waals surface area contributed by atoms with E-state index >= 15 is 0 Å². The number of hydrogen-bond acceptors (Lipinski definition) is 2. The van der Waals surface area contributed by atoms with Crippen molar-refractivity contribution < 1.29 is 0 Å². The van der Waals surface area contributed by atoms with Crippen LogP contribution in [0.3, 0.4) is 0 Å². The summed E-state index contributed by atoms with van der Waals surface area (Å²) in [4.78, 5) is 0. The van der Waals surface area contributed by atoms with Crippen LogP contribution >= 0.6 is 22.6 Å². The molecule has 64 valence electrons. The second-order valence-electron chi connectivity index (χ2n) is 2.70. The largest absolute Gasteiger partial charge is 0.280 e. The predicted molar refractivity (Wildman–Crippen MR) is 58.1 cm³/mol. The molecule has 0 saturated heterocycles. The number of aromatic amines is 1. The number of fused-ring (bicyclic) bond motifs is 1. The molecule has 0 aliphatic carbocycles. The lowest BCUT2D eigenvalue weighted by Crippen LogP contribution is -1.81. The van der Waals surface area contributed by atoms with Gasteiger partial charge < -0.3 is 0 Å². The average molecular weight is 283 g/mol. The second-order valence-corrected chi connectivity index (χ2v) is 3.94. The van der Waals surface area contributed by atoms with Crippen LogP contribution in [0.1, 0.15) is 5.69 Å². The zero-order valence-corrected chi connectivity index (χ0v) is 8.87. The summed E-state index contributed by atoms with van der Waals surface area (Å²) in [7, 11) is 0. The number of hydrogen-bond donors (Lipinski definition) is 1. The molecule has 2 rings (SSSR count). The molecule has 0 spiro atoms. The van der Waals surface area contributed by atoms with E-state index in [0.717, 1.165) is 20.2 Å². The molecule has 2 aromatic rings. The highest BCUT2D eigenvalue weighted by atomic mass is 127. The van der Waals surface area contributed by atoms with Crippen molar-refractivity contribution in [3.05, 3.63) is 27.5 Å². The van der Waals surface area contributed by atoms with Crippen LogP contribution < -0.4 is 0 Å². The molecular weight excluding hydrogens is 277 g/mol. The van der Waals surface area contributed by atoms with Crippen molar-refractivity contribution in [2.24, 2.45) is 0 Å². The van der Waals surface area contributed by atoms with E-state index in [1.165, 1.54) is 0 Å². The van der Waals surface area contributed by atoms with Gasteiger partial charge in [0.15, 0.2) is 0 Å². The van der Waals surface area contributed by atoms with E-state index < -0.39 is 0 Å². The molecule has 0 unspecified atom stereocenters. The van der Waals surface area contributed by atoms with E-state index in [9.17, 15) is 0 Å². The van der Waals surface area contributed by atoms with Crippen LogP contribution in [0.5, 0.6) is 0 Å². The summed E-state index contributed by atoms with van der Waals surface area (Å²) in [6.45, 7) is 0. The van der Waals surface area contributed by atoms with E-state index in [1.807, 2.05) is 18.2 Å². The van der Waals surface area contributed by atoms with Gasteiger partial charge in [0, 0.05) is 8.96 Å². The first-order valence-corrected chi connectivity index (χ1v) is 4.88. The third-order valence-electron chi connectivity index (χ3n) is 1.85. The first-order valence-electron chi connectivity index (χ1n) is 3.80. The fourth-order valence-electron chi connectivity index (χ4n) is 1.25. The minimum Gasteiger partial charge on any atom is -0.280 e. The lowest BCUT2D eigenvalue weighted by Gasteiger charge is -1.91. The minimum atomic E-state index is 0.386. The molecule has 0 aliphatic rings. The Morgan fingerprint density at radius 3 is 3.15 bits per heavy atom. The molecule has 0 aliphatic heterocycles. The Morgan fingerprint density at radius 2 is 2.38 bits per heavy atom. The Labute approximate surface area is 88.9 Å². The molecule has 1 aromatic carbocycles. The van der Waals surface area contributed by atoms with Crippen molar-refractivity contribution in [1.29, 1.82) is 5.26 Å². The first-order chi connectivity index (χ1) is 6.31. The van der Waals surface area contributed by atoms with Crippen molar-refractivity contribution in [1.82, 2.24) is 10.2 Å². The van der Waals surface area contributed by atoms with E-state index in [1.54, 1.807) is 0 Å². The maximum atomic E-state index is 8.55. The quantitative estimate of drug-likeness (QED) is 0.816. The van der Waals surface area contributed by atoms with E-state index in [2.05, 4.69) is 38.9 Å². The molecule has 0 saturated carbocycles. The van der Waals surface area contributed by atoms with Gasteiger partial charge in [-0.1, -0.05) is 0 Å². The van der Waals surface area contributed by atoms with Gasteiger partial charge in [-0.15, -0.1) is 0 Å². The van der Waals surface area contributed by atoms with E-state index in [-0.39, 0.29) is 0 Å². The molecule has 3 nitrogen and oxygen atoms in total. The maximum Gasteiger partial charge on any atom is 0.0934 e. The monoisotopic (exact) mass is 283 g/mol. The van der Waals surface area contributed by atoms with Gasteiger partial charge in [-0.2, -0.15) is 10.4 Å². The van der Waals surface area contributed by atoms with Gasteiger partial charge in [0.05, 0.1) is 23.7 Å². The van der Waals surface area contributed by atoms with Gasteiger partial charge in [-0.05, 0) is 40.8 Å². The Kier molecular flexibility index (Phi) is 2.19. The normalized spacial score (nSPS) is 10.2. The van der Waals surface area contributed by atoms with Crippen LogP contribution in [-0.2, 0) is 6.42 Å². The summed E-state index contributed by atoms with van der Waals surface area (Å²) in [5.74, 6) is 0. The summed E-state index contributed by atoms with van der Waals surface area (Å²) >= 11 is 2.24. The van der Waals surface area contributed by atoms with Crippen molar-refractivity contribution in [3.8, 4) is 6.07 Å². The molecule has 1 N–H and O–H groups in total. The number of nitrogens with zero attached hydrogens (tertiary/aromatic N) is 2. The smallest absolute Gasteiger partial charge is 0.0934 e. The topological polar surface area (TPSA) is 52.5 Å². The molecule has 0 amide bonds. The Bertz CT molecular complexity index is 481. The van der Waals surface area contributed by atoms with Crippen molar-refractivity contribution in [3.63, 3.8) is 0 Å². The third kappa shape index (κ3) is 1.52. The highest BCUT2D eigenvalue weighted by Crippen LogP contribution is 2.18. The number of nitrogens with one attached hydrogen (secondary N) is 1. The van der Waals surface area contributed by atoms with Crippen LogP contribution in [-0.4, -0.2) is 10.2 Å². The summed E-state index contributed by atoms with van der Waals surface area (Å²) in [5, 5.41) is 16.6. The van der Waals surface area contributed by atoms with Crippen LogP contribution in [0, 0.1) is 14.9 Å². The zero-order valence-electron chi connectivity index (χ0n) is 6.71. The number of halogens is 1. The van der Waals surface area contributed by atoms with Crippen LogP contribution in [0.2, 0.25) is 0 Å². The lowest BCUT2D eigenvalue weighted by atomic mass is 10.2. The summed E-state index contributed by atoms with van der Waals surface area (Å²) in [5.41, 5.74) is 1.83. The molecule has 1 aromatic heterocycles. The Morgan fingerprint density at radius 1 is 1.54 bits per heavy atom. The fourth-order valence-corrected chi connectivity index (χ4v) is 1.73. The molecule has 0 fully saturated rings. The SMILES string of the molecule is N#CCc1[nH]nc2cc(I)ccc12. The fraction of sp³-hybridized carbons (Fsp3) is 0.111. The molecule has 0 atom stereocenters. The lowest BCUT2D eigenvalue weighted by molar-refractivity contribution is 1.03. The van der Waals surface area contributed by atoms with Crippen LogP contribution in [0.4, 0.5) is 0 Å². The van der Waals surface area contributed by atoms with Crippen molar-refractivity contribution in [2.45, 2.75) is 6.42 Å². The number of aromatic nitrogens is 2. The molecular formula is C9H6IN3. The van der Waals surface area contributed by atoms with Gasteiger partial charge in [-0.25, -0.2) is 0 Å². The Balaban J connectivity index is 2.63. The third-order valence-corrected chi connectivity index (χ3v) is 2.52. The molecule has 0 bridgehead atoms. The van der Waals surface area contributed by atoms with Gasteiger partial charge in [0.25, 0.3) is 0 Å². The second kappa shape index (κ2) is 3.34. The Hall–Kier alpha value is -1.09. The minimum absolute atomic E-state index is 0.386. The van der Waals surface area contributed by atoms with Gasteiger partial charge in [0.1, 0.15) is 0 Å². The molecule has 1 heterocycles. The van der Waals surface area contributed by atoms with Gasteiger partial charge in [-0.3, -0.25) is 5.10 Å². The summed E-state index contributed by atoms with van der Waals surface area (Å²) in [6.07, 6.45) is 0.386. The number of rotatable bonds is 1. The van der Waals surface area contributed by atoms with Gasteiger partial charge in [0.2, 0.25) is 0 Å². The number of H-pyrrole nitrogens is 1. The summed E-state index contributed by atoms with van der Waals surface area (Å²) in [6, 6.07) is 8.10. The van der Waals surface area contributed by atoms with Crippen molar-refractivity contribution in [2.75, 3.05) is 0 Å². The first kappa shape index (κ1) is 8.51. The van der Waals surface area contributed by atoms with Crippen LogP contribution in [0.15, 0.2) is 18.2 Å². The van der Waals surface area contributed by atoms with Gasteiger partial charge >= 0.3 is 0 Å². The van der Waals surface area contributed by atoms with E-state index in [0.29, 0.717) is 6.42 Å². The maximum absolute atomic E-state index is 8.55. The summed E-state index contributed by atoms with van der Waals surface area (Å²) < 4.78 is 1.15. The number of nitriles is 1. The highest BCUT2D eigenvalue weighted by Gasteiger charge is 2.03.